The molecular formula is C26H28N4O2. The van der Waals surface area contributed by atoms with Gasteiger partial charge in [-0.2, -0.15) is 5.26 Å². The Morgan fingerprint density at radius 2 is 1.69 bits per heavy atom. The molecule has 0 atom stereocenters. The van der Waals surface area contributed by atoms with Crippen molar-refractivity contribution in [2.75, 3.05) is 37.6 Å². The molecule has 0 aromatic heterocycles. The van der Waals surface area contributed by atoms with Crippen molar-refractivity contribution in [1.29, 1.82) is 5.26 Å². The van der Waals surface area contributed by atoms with Crippen molar-refractivity contribution in [3.8, 4) is 18.0 Å². The molecule has 0 N–H and O–H groups in total. The van der Waals surface area contributed by atoms with Gasteiger partial charge in [0.15, 0.2) is 6.19 Å². The fraction of sp³-hybridized carbons (Fsp3) is 0.346. The first-order chi connectivity index (χ1) is 15.6. The van der Waals surface area contributed by atoms with E-state index in [1.807, 2.05) is 42.5 Å². The third-order valence-corrected chi connectivity index (χ3v) is 5.42. The number of hydrogen-bond acceptors (Lipinski definition) is 4. The molecule has 1 heterocycles. The summed E-state index contributed by atoms with van der Waals surface area (Å²) in [5.41, 5.74) is 2.26. The SMILES string of the molecule is CCCCC(=O)N(CC#Cc1ccc(C(=O)N2CCN(C#N)CC2)cc1)c1ccccc1. The summed E-state index contributed by atoms with van der Waals surface area (Å²) in [6.45, 7) is 4.63. The number of hydrogen-bond donors (Lipinski definition) is 0. The van der Waals surface area contributed by atoms with Crippen LogP contribution in [-0.2, 0) is 4.79 Å². The second-order valence-corrected chi connectivity index (χ2v) is 7.68. The van der Waals surface area contributed by atoms with Crippen LogP contribution in [0.5, 0.6) is 0 Å². The average Bonchev–Trinajstić information content (AvgIpc) is 2.85. The van der Waals surface area contributed by atoms with Crippen molar-refractivity contribution in [2.45, 2.75) is 26.2 Å². The van der Waals surface area contributed by atoms with Crippen LogP contribution < -0.4 is 4.90 Å². The first-order valence-electron chi connectivity index (χ1n) is 11.0. The maximum atomic E-state index is 12.7. The number of anilines is 1. The first-order valence-corrected chi connectivity index (χ1v) is 11.0. The number of benzene rings is 2. The van der Waals surface area contributed by atoms with Crippen molar-refractivity contribution in [3.63, 3.8) is 0 Å². The van der Waals surface area contributed by atoms with Crippen molar-refractivity contribution in [1.82, 2.24) is 9.80 Å². The van der Waals surface area contributed by atoms with Gasteiger partial charge in [0, 0.05) is 49.4 Å². The molecule has 32 heavy (non-hydrogen) atoms. The number of amides is 2. The molecule has 2 aromatic carbocycles. The van der Waals surface area contributed by atoms with Gasteiger partial charge in [-0.25, -0.2) is 0 Å². The minimum absolute atomic E-state index is 0.0288. The number of unbranched alkanes of at least 4 members (excludes halogenated alkanes) is 1. The number of carbonyl (C=O) groups excluding carboxylic acids is 2. The minimum Gasteiger partial charge on any atom is -0.335 e. The molecule has 2 aromatic rings. The number of para-hydroxylation sites is 1. The van der Waals surface area contributed by atoms with E-state index in [0.29, 0.717) is 44.7 Å². The molecule has 0 radical (unpaired) electrons. The normalized spacial score (nSPS) is 13.0. The van der Waals surface area contributed by atoms with Crippen LogP contribution >= 0.6 is 0 Å². The van der Waals surface area contributed by atoms with Gasteiger partial charge in [-0.1, -0.05) is 43.4 Å². The van der Waals surface area contributed by atoms with Crippen molar-refractivity contribution in [2.24, 2.45) is 0 Å². The second-order valence-electron chi connectivity index (χ2n) is 7.68. The van der Waals surface area contributed by atoms with Gasteiger partial charge in [0.2, 0.25) is 5.91 Å². The van der Waals surface area contributed by atoms with E-state index < -0.39 is 0 Å². The second kappa shape index (κ2) is 11.6. The molecule has 6 nitrogen and oxygen atoms in total. The number of piperazine rings is 1. The summed E-state index contributed by atoms with van der Waals surface area (Å²) in [6, 6.07) is 16.8. The van der Waals surface area contributed by atoms with E-state index in [-0.39, 0.29) is 11.8 Å². The summed E-state index contributed by atoms with van der Waals surface area (Å²) in [7, 11) is 0. The van der Waals surface area contributed by atoms with Crippen molar-refractivity contribution in [3.05, 3.63) is 65.7 Å². The molecule has 2 amide bonds. The van der Waals surface area contributed by atoms with Crippen LogP contribution in [0.15, 0.2) is 54.6 Å². The van der Waals surface area contributed by atoms with Gasteiger partial charge >= 0.3 is 0 Å². The van der Waals surface area contributed by atoms with E-state index in [9.17, 15) is 9.59 Å². The zero-order valence-electron chi connectivity index (χ0n) is 18.5. The predicted molar refractivity (Wildman–Crippen MR) is 125 cm³/mol. The number of nitriles is 1. The number of rotatable bonds is 6. The maximum absolute atomic E-state index is 12.7. The number of carbonyl (C=O) groups is 2. The van der Waals surface area contributed by atoms with Gasteiger partial charge in [-0.3, -0.25) is 9.59 Å². The van der Waals surface area contributed by atoms with E-state index in [2.05, 4.69) is 25.0 Å². The zero-order valence-corrected chi connectivity index (χ0v) is 18.5. The summed E-state index contributed by atoms with van der Waals surface area (Å²) in [5, 5.41) is 8.94. The molecule has 1 fully saturated rings. The molecule has 0 spiro atoms. The smallest absolute Gasteiger partial charge is 0.253 e. The number of nitrogens with zero attached hydrogens (tertiary/aromatic N) is 4. The highest BCUT2D eigenvalue weighted by molar-refractivity contribution is 5.94. The standard InChI is InChI=1S/C26H28N4O2/c1-2-3-11-25(31)30(24-9-5-4-6-10-24)16-7-8-22-12-14-23(15-13-22)26(32)29-19-17-28(21-27)18-20-29/h4-6,9-10,12-15H,2-3,11,16-20H2,1H3. The Kier molecular flexibility index (Phi) is 8.29. The van der Waals surface area contributed by atoms with Gasteiger partial charge in [-0.15, -0.1) is 0 Å². The van der Waals surface area contributed by atoms with Gasteiger partial charge < -0.3 is 14.7 Å². The monoisotopic (exact) mass is 428 g/mol. The van der Waals surface area contributed by atoms with Gasteiger partial charge in [0.25, 0.3) is 5.91 Å². The molecule has 1 aliphatic rings. The van der Waals surface area contributed by atoms with E-state index in [0.717, 1.165) is 24.1 Å². The van der Waals surface area contributed by atoms with E-state index >= 15 is 0 Å². The lowest BCUT2D eigenvalue weighted by molar-refractivity contribution is -0.118. The van der Waals surface area contributed by atoms with Crippen LogP contribution in [0.2, 0.25) is 0 Å². The predicted octanol–water partition coefficient (Wildman–Crippen LogP) is 3.50. The first kappa shape index (κ1) is 22.9. The topological polar surface area (TPSA) is 67.7 Å². The Balaban J connectivity index is 1.63. The van der Waals surface area contributed by atoms with Gasteiger partial charge in [0.05, 0.1) is 6.54 Å². The molecule has 3 rings (SSSR count). The molecule has 0 saturated carbocycles. The molecule has 1 aliphatic heterocycles. The van der Waals surface area contributed by atoms with Crippen LogP contribution in [0.4, 0.5) is 5.69 Å². The Hall–Kier alpha value is -3.77. The summed E-state index contributed by atoms with van der Waals surface area (Å²) < 4.78 is 0. The Morgan fingerprint density at radius 3 is 2.31 bits per heavy atom. The summed E-state index contributed by atoms with van der Waals surface area (Å²) in [4.78, 5) is 30.5. The maximum Gasteiger partial charge on any atom is 0.253 e. The lowest BCUT2D eigenvalue weighted by Crippen LogP contribution is -2.46. The summed E-state index contributed by atoms with van der Waals surface area (Å²) in [6.07, 6.45) is 4.46. The summed E-state index contributed by atoms with van der Waals surface area (Å²) >= 11 is 0. The summed E-state index contributed by atoms with van der Waals surface area (Å²) in [5.74, 6) is 6.25. The largest absolute Gasteiger partial charge is 0.335 e. The molecule has 0 unspecified atom stereocenters. The van der Waals surface area contributed by atoms with Crippen LogP contribution in [-0.4, -0.2) is 54.3 Å². The molecule has 164 valence electrons. The van der Waals surface area contributed by atoms with Gasteiger partial charge in [-0.05, 0) is 42.8 Å². The Labute approximate surface area is 190 Å². The lowest BCUT2D eigenvalue weighted by Gasteiger charge is -2.31. The molecule has 6 heteroatoms. The zero-order chi connectivity index (χ0) is 22.8. The molecule has 0 bridgehead atoms. The highest BCUT2D eigenvalue weighted by atomic mass is 16.2. The van der Waals surface area contributed by atoms with E-state index in [1.165, 1.54) is 0 Å². The Bertz CT molecular complexity index is 1010. The van der Waals surface area contributed by atoms with Crippen molar-refractivity contribution < 1.29 is 9.59 Å². The van der Waals surface area contributed by atoms with Crippen LogP contribution in [0.25, 0.3) is 0 Å². The molecular weight excluding hydrogens is 400 g/mol. The highest BCUT2D eigenvalue weighted by Crippen LogP contribution is 2.15. The van der Waals surface area contributed by atoms with Crippen LogP contribution in [0.1, 0.15) is 42.1 Å². The van der Waals surface area contributed by atoms with Gasteiger partial charge in [0.1, 0.15) is 0 Å². The fourth-order valence-electron chi connectivity index (χ4n) is 3.50. The highest BCUT2D eigenvalue weighted by Gasteiger charge is 2.21. The fourth-order valence-corrected chi connectivity index (χ4v) is 3.50. The van der Waals surface area contributed by atoms with E-state index in [4.69, 9.17) is 5.26 Å². The molecule has 0 aliphatic carbocycles. The van der Waals surface area contributed by atoms with Crippen molar-refractivity contribution >= 4 is 17.5 Å². The Morgan fingerprint density at radius 1 is 1.00 bits per heavy atom. The van der Waals surface area contributed by atoms with Crippen LogP contribution in [0.3, 0.4) is 0 Å². The van der Waals surface area contributed by atoms with Crippen LogP contribution in [0, 0.1) is 23.3 Å². The lowest BCUT2D eigenvalue weighted by atomic mass is 10.1. The quantitative estimate of drug-likeness (QED) is 0.522. The average molecular weight is 429 g/mol. The van der Waals surface area contributed by atoms with E-state index in [1.54, 1.807) is 26.8 Å². The third-order valence-electron chi connectivity index (χ3n) is 5.42. The third kappa shape index (κ3) is 6.12. The minimum atomic E-state index is -0.0288. The molecule has 1 saturated heterocycles.